The zero-order valence-electron chi connectivity index (χ0n) is 32.6. The Hall–Kier alpha value is -4.96. The molecule has 2 heterocycles. The largest absolute Gasteiger partial charge is 0.445 e. The first-order valence-electron chi connectivity index (χ1n) is 19.5. The van der Waals surface area contributed by atoms with Crippen molar-refractivity contribution in [1.29, 1.82) is 0 Å². The van der Waals surface area contributed by atoms with Gasteiger partial charge >= 0.3 is 6.09 Å². The third-order valence-electron chi connectivity index (χ3n) is 12.4. The molecule has 0 aromatic heterocycles. The highest BCUT2D eigenvalue weighted by atomic mass is 32.2. The normalized spacial score (nSPS) is 22.0. The Labute approximate surface area is 332 Å². The number of aryl methyl sites for hydroxylation is 1. The summed E-state index contributed by atoms with van der Waals surface area (Å²) >= 11 is 0. The van der Waals surface area contributed by atoms with Crippen LogP contribution in [0.25, 0.3) is 0 Å². The highest BCUT2D eigenvalue weighted by Crippen LogP contribution is 2.62. The fourth-order valence-corrected chi connectivity index (χ4v) is 16.3. The molecular weight excluding hydrogens is 733 g/mol. The van der Waals surface area contributed by atoms with Gasteiger partial charge < -0.3 is 14.1 Å². The van der Waals surface area contributed by atoms with E-state index in [1.54, 1.807) is 21.3 Å². The van der Waals surface area contributed by atoms with Gasteiger partial charge in [0.05, 0.1) is 22.7 Å². The number of carbonyl (C=O) groups is 1. The van der Waals surface area contributed by atoms with Gasteiger partial charge in [0.25, 0.3) is 18.3 Å². The van der Waals surface area contributed by atoms with Crippen LogP contribution < -0.4 is 14.7 Å². The molecule has 2 bridgehead atoms. The van der Waals surface area contributed by atoms with Gasteiger partial charge in [0.15, 0.2) is 0 Å². The minimum Gasteiger partial charge on any atom is -0.445 e. The van der Waals surface area contributed by atoms with Crippen molar-refractivity contribution in [2.45, 2.75) is 74.6 Å². The summed E-state index contributed by atoms with van der Waals surface area (Å²) in [6, 6.07) is 44.6. The molecular formula is C47H50N2O5SSi. The van der Waals surface area contributed by atoms with Crippen LogP contribution in [0.2, 0.25) is 5.04 Å². The molecule has 288 valence electrons. The molecule has 0 N–H and O–H groups in total. The quantitative estimate of drug-likeness (QED) is 0.111. The minimum absolute atomic E-state index is 0.125. The summed E-state index contributed by atoms with van der Waals surface area (Å²) in [5.41, 5.74) is 3.69. The van der Waals surface area contributed by atoms with Gasteiger partial charge in [0.1, 0.15) is 6.61 Å². The van der Waals surface area contributed by atoms with Gasteiger partial charge in [0, 0.05) is 24.5 Å². The topological polar surface area (TPSA) is 76.2 Å². The fourth-order valence-electron chi connectivity index (χ4n) is 9.93. The first kappa shape index (κ1) is 37.9. The van der Waals surface area contributed by atoms with Gasteiger partial charge in [-0.1, -0.05) is 160 Å². The lowest BCUT2D eigenvalue weighted by atomic mass is 9.55. The second-order valence-electron chi connectivity index (χ2n) is 16.6. The molecule has 9 heteroatoms. The Balaban J connectivity index is 1.26. The van der Waals surface area contributed by atoms with Gasteiger partial charge in [-0.05, 0) is 64.5 Å². The maximum absolute atomic E-state index is 15.1. The summed E-state index contributed by atoms with van der Waals surface area (Å²) in [5.74, 6) is -0.243. The van der Waals surface area contributed by atoms with E-state index in [9.17, 15) is 4.79 Å². The number of fused-ring (bicyclic) bond motifs is 1. The standard InChI is InChI=1S/C47H50N2O5SSi/c1-34-25-27-37(28-26-34)55(51,52)49-42-24-16-15-23-40(42)47-29-30-48(45(50)53-32-36-17-9-6-10-18-36)43(44(47)49)31-35(2)41(47)33-54-56(46(3,4)5,38-19-11-7-12-20-38)39-21-13-8-14-22-39/h6-28,41,43-44H,2,29-33H2,1,3-5H3/t41-,43-,44+,47-/m1/s1. The third kappa shape index (κ3) is 6.11. The van der Waals surface area contributed by atoms with Crippen LogP contribution >= 0.6 is 0 Å². The smallest absolute Gasteiger partial charge is 0.410 e. The number of ether oxygens (including phenoxy) is 1. The number of rotatable bonds is 9. The van der Waals surface area contributed by atoms with Crippen LogP contribution in [0.5, 0.6) is 0 Å². The van der Waals surface area contributed by atoms with Crippen molar-refractivity contribution in [1.82, 2.24) is 4.90 Å². The minimum atomic E-state index is -4.09. The molecule has 0 unspecified atom stereocenters. The predicted molar refractivity (Wildman–Crippen MR) is 225 cm³/mol. The Kier molecular flexibility index (Phi) is 9.83. The molecule has 1 saturated carbocycles. The number of likely N-dealkylation sites (tertiary alicyclic amines) is 1. The SMILES string of the molecule is C=C1C[C@@H]2[C@@H]3N(S(=O)(=O)c4ccc(C)cc4)c4ccccc4[C@]3(CCN2C(=O)OCc2ccccc2)[C@@H]1CO[Si](c1ccccc1)(c1ccccc1)C(C)(C)C. The van der Waals surface area contributed by atoms with Crippen molar-refractivity contribution in [3.8, 4) is 0 Å². The van der Waals surface area contributed by atoms with E-state index in [2.05, 4.69) is 75.4 Å². The number of para-hydroxylation sites is 1. The number of piperidine rings is 1. The zero-order chi connectivity index (χ0) is 39.3. The molecule has 8 rings (SSSR count). The van der Waals surface area contributed by atoms with Crippen molar-refractivity contribution in [3.63, 3.8) is 0 Å². The second kappa shape index (κ2) is 14.5. The average molecular weight is 783 g/mol. The lowest BCUT2D eigenvalue weighted by Crippen LogP contribution is -2.71. The molecule has 1 aliphatic carbocycles. The number of anilines is 1. The van der Waals surface area contributed by atoms with Crippen LogP contribution in [-0.4, -0.2) is 53.0 Å². The van der Waals surface area contributed by atoms with Gasteiger partial charge in [-0.25, -0.2) is 13.2 Å². The van der Waals surface area contributed by atoms with Gasteiger partial charge in [-0.3, -0.25) is 4.31 Å². The van der Waals surface area contributed by atoms with E-state index in [0.717, 1.165) is 22.3 Å². The number of hydrogen-bond donors (Lipinski definition) is 0. The number of hydrogen-bond acceptors (Lipinski definition) is 5. The number of amides is 1. The van der Waals surface area contributed by atoms with Gasteiger partial charge in [-0.2, -0.15) is 0 Å². The first-order valence-corrected chi connectivity index (χ1v) is 22.8. The summed E-state index contributed by atoms with van der Waals surface area (Å²) < 4.78 is 45.5. The highest BCUT2D eigenvalue weighted by Gasteiger charge is 2.67. The van der Waals surface area contributed by atoms with Crippen molar-refractivity contribution in [3.05, 3.63) is 168 Å². The summed E-state index contributed by atoms with van der Waals surface area (Å²) in [6.07, 6.45) is 0.473. The van der Waals surface area contributed by atoms with Crippen LogP contribution in [0, 0.1) is 12.8 Å². The van der Waals surface area contributed by atoms with E-state index in [1.807, 2.05) is 79.7 Å². The number of sulfonamides is 1. The van der Waals surface area contributed by atoms with E-state index < -0.39 is 41.9 Å². The predicted octanol–water partition coefficient (Wildman–Crippen LogP) is 8.37. The van der Waals surface area contributed by atoms with Crippen LogP contribution in [-0.2, 0) is 31.2 Å². The summed E-state index contributed by atoms with van der Waals surface area (Å²) in [5, 5.41) is 2.10. The van der Waals surface area contributed by atoms with Crippen LogP contribution in [0.1, 0.15) is 50.3 Å². The Bertz CT molecular complexity index is 2290. The maximum Gasteiger partial charge on any atom is 0.410 e. The third-order valence-corrected chi connectivity index (χ3v) is 19.3. The van der Waals surface area contributed by atoms with E-state index in [-0.39, 0.29) is 22.5 Å². The summed E-state index contributed by atoms with van der Waals surface area (Å²) in [4.78, 5) is 16.1. The number of carbonyl (C=O) groups excluding carboxylic acids is 1. The molecule has 0 spiro atoms. The lowest BCUT2D eigenvalue weighted by Gasteiger charge is -2.58. The molecule has 7 nitrogen and oxygen atoms in total. The summed E-state index contributed by atoms with van der Waals surface area (Å²) in [7, 11) is -7.08. The van der Waals surface area contributed by atoms with Crippen LogP contribution in [0.15, 0.2) is 157 Å². The second-order valence-corrected chi connectivity index (χ2v) is 22.7. The summed E-state index contributed by atoms with van der Waals surface area (Å²) in [6.45, 7) is 14.4. The van der Waals surface area contributed by atoms with Gasteiger partial charge in [-0.15, -0.1) is 0 Å². The Morgan fingerprint density at radius 2 is 1.39 bits per heavy atom. The average Bonchev–Trinajstić information content (AvgIpc) is 3.52. The van der Waals surface area contributed by atoms with E-state index in [0.29, 0.717) is 31.7 Å². The van der Waals surface area contributed by atoms with E-state index in [4.69, 9.17) is 15.7 Å². The Morgan fingerprint density at radius 1 is 0.821 bits per heavy atom. The molecule has 1 amide bonds. The van der Waals surface area contributed by atoms with E-state index in [1.165, 1.54) is 10.4 Å². The lowest BCUT2D eigenvalue weighted by molar-refractivity contribution is 0.00659. The fraction of sp³-hybridized carbons (Fsp3) is 0.298. The molecule has 3 aliphatic rings. The monoisotopic (exact) mass is 782 g/mol. The molecule has 5 aromatic carbocycles. The molecule has 1 saturated heterocycles. The van der Waals surface area contributed by atoms with Crippen molar-refractivity contribution >= 4 is 40.5 Å². The molecule has 0 radical (unpaired) electrons. The maximum atomic E-state index is 15.1. The molecule has 56 heavy (non-hydrogen) atoms. The van der Waals surface area contributed by atoms with Crippen molar-refractivity contribution in [2.75, 3.05) is 17.5 Å². The van der Waals surface area contributed by atoms with Crippen molar-refractivity contribution in [2.24, 2.45) is 5.92 Å². The molecule has 5 aromatic rings. The van der Waals surface area contributed by atoms with E-state index >= 15 is 8.42 Å². The first-order chi connectivity index (χ1) is 26.9. The molecule has 2 aliphatic heterocycles. The zero-order valence-corrected chi connectivity index (χ0v) is 34.4. The number of nitrogens with zero attached hydrogens (tertiary/aromatic N) is 2. The Morgan fingerprint density at radius 3 is 2.00 bits per heavy atom. The molecule has 4 atom stereocenters. The van der Waals surface area contributed by atoms with Crippen molar-refractivity contribution < 1.29 is 22.4 Å². The van der Waals surface area contributed by atoms with Crippen LogP contribution in [0.3, 0.4) is 0 Å². The van der Waals surface area contributed by atoms with Crippen LogP contribution in [0.4, 0.5) is 10.5 Å². The van der Waals surface area contributed by atoms with Gasteiger partial charge in [0.2, 0.25) is 0 Å². The molecule has 2 fully saturated rings. The highest BCUT2D eigenvalue weighted by molar-refractivity contribution is 7.93. The number of benzene rings is 5.